The van der Waals surface area contributed by atoms with Crippen LogP contribution in [0.25, 0.3) is 0 Å². The maximum atomic E-state index is 12.3. The van der Waals surface area contributed by atoms with E-state index >= 15 is 0 Å². The van der Waals surface area contributed by atoms with Crippen LogP contribution >= 0.6 is 0 Å². The van der Waals surface area contributed by atoms with Gasteiger partial charge in [0.25, 0.3) is 0 Å². The smallest absolute Gasteiger partial charge is 0.158 e. The van der Waals surface area contributed by atoms with Gasteiger partial charge in [0.1, 0.15) is 0 Å². The van der Waals surface area contributed by atoms with Gasteiger partial charge in [-0.1, -0.05) is 56.0 Å². The maximum absolute atomic E-state index is 12.3. The second kappa shape index (κ2) is 5.46. The third-order valence-corrected chi connectivity index (χ3v) is 3.70. The van der Waals surface area contributed by atoms with Crippen LogP contribution in [0.1, 0.15) is 44.1 Å². The van der Waals surface area contributed by atoms with Gasteiger partial charge in [0, 0.05) is 6.42 Å². The molecule has 1 aliphatic carbocycles. The minimum Gasteiger partial charge on any atom is -0.297 e. The summed E-state index contributed by atoms with van der Waals surface area (Å²) in [5.41, 5.74) is 8.59. The van der Waals surface area contributed by atoms with Gasteiger partial charge in [-0.05, 0) is 18.4 Å². The third kappa shape index (κ3) is 3.16. The normalized spacial score (nSPS) is 19.6. The molecule has 0 aromatic heterocycles. The number of carbonyl (C=O) groups is 1. The van der Waals surface area contributed by atoms with Gasteiger partial charge in [-0.2, -0.15) is 0 Å². The summed E-state index contributed by atoms with van der Waals surface area (Å²) in [7, 11) is 0. The fourth-order valence-corrected chi connectivity index (χ4v) is 2.56. The highest BCUT2D eigenvalue weighted by Crippen LogP contribution is 2.28. The van der Waals surface area contributed by atoms with Crippen LogP contribution < -0.4 is 5.73 Å². The van der Waals surface area contributed by atoms with E-state index in [9.17, 15) is 4.79 Å². The summed E-state index contributed by atoms with van der Waals surface area (Å²) in [6, 6.07) is 9.80. The predicted octanol–water partition coefficient (Wildman–Crippen LogP) is 3.17. The van der Waals surface area contributed by atoms with E-state index in [-0.39, 0.29) is 5.78 Å². The molecule has 0 amide bonds. The first-order chi connectivity index (χ1) is 8.21. The molecule has 2 rings (SSSR count). The summed E-state index contributed by atoms with van der Waals surface area (Å²) >= 11 is 0. The summed E-state index contributed by atoms with van der Waals surface area (Å²) in [6.07, 6.45) is 6.34. The molecule has 1 aromatic carbocycles. The molecular formula is C15H20NO. The Hall–Kier alpha value is -1.15. The lowest BCUT2D eigenvalue weighted by Crippen LogP contribution is -2.40. The molecule has 0 aliphatic heterocycles. The molecule has 1 aromatic rings. The van der Waals surface area contributed by atoms with Gasteiger partial charge >= 0.3 is 0 Å². The first-order valence-electron chi connectivity index (χ1n) is 6.53. The number of rotatable bonds is 3. The molecule has 2 heteroatoms. The SMILES string of the molecule is [NH]C1(C(=O)Cc2ccccc2)CCCCCC1. The Bertz CT molecular complexity index is 364. The van der Waals surface area contributed by atoms with Gasteiger partial charge in [-0.3, -0.25) is 4.79 Å². The molecule has 0 unspecified atom stereocenters. The Labute approximate surface area is 103 Å². The maximum Gasteiger partial charge on any atom is 0.158 e. The van der Waals surface area contributed by atoms with Crippen molar-refractivity contribution in [3.8, 4) is 0 Å². The van der Waals surface area contributed by atoms with Gasteiger partial charge in [-0.25, -0.2) is 5.73 Å². The van der Waals surface area contributed by atoms with E-state index in [2.05, 4.69) is 0 Å². The van der Waals surface area contributed by atoms with Crippen molar-refractivity contribution in [1.82, 2.24) is 5.73 Å². The van der Waals surface area contributed by atoms with E-state index < -0.39 is 5.54 Å². The van der Waals surface area contributed by atoms with E-state index in [1.54, 1.807) is 0 Å². The van der Waals surface area contributed by atoms with Gasteiger partial charge < -0.3 is 0 Å². The largest absolute Gasteiger partial charge is 0.297 e. The van der Waals surface area contributed by atoms with Crippen molar-refractivity contribution in [2.45, 2.75) is 50.5 Å². The van der Waals surface area contributed by atoms with Crippen molar-refractivity contribution >= 4 is 5.78 Å². The van der Waals surface area contributed by atoms with Crippen LogP contribution in [0.2, 0.25) is 0 Å². The van der Waals surface area contributed by atoms with E-state index in [0.29, 0.717) is 6.42 Å². The predicted molar refractivity (Wildman–Crippen MR) is 68.7 cm³/mol. The van der Waals surface area contributed by atoms with Crippen LogP contribution in [0.5, 0.6) is 0 Å². The van der Waals surface area contributed by atoms with Gasteiger partial charge in [0.05, 0.1) is 5.54 Å². The highest BCUT2D eigenvalue weighted by Gasteiger charge is 2.34. The summed E-state index contributed by atoms with van der Waals surface area (Å²) in [6.45, 7) is 0. The third-order valence-electron chi connectivity index (χ3n) is 3.70. The average molecular weight is 230 g/mol. The monoisotopic (exact) mass is 230 g/mol. The van der Waals surface area contributed by atoms with Crippen molar-refractivity contribution in [2.24, 2.45) is 0 Å². The lowest BCUT2D eigenvalue weighted by atomic mass is 9.84. The number of carbonyl (C=O) groups excluding carboxylic acids is 1. The van der Waals surface area contributed by atoms with Crippen LogP contribution in [-0.4, -0.2) is 11.3 Å². The number of hydrogen-bond donors (Lipinski definition) is 0. The van der Waals surface area contributed by atoms with Crippen LogP contribution in [-0.2, 0) is 11.2 Å². The second-order valence-electron chi connectivity index (χ2n) is 5.08. The summed E-state index contributed by atoms with van der Waals surface area (Å²) in [4.78, 5) is 12.3. The van der Waals surface area contributed by atoms with Crippen molar-refractivity contribution in [3.63, 3.8) is 0 Å². The molecule has 0 spiro atoms. The highest BCUT2D eigenvalue weighted by atomic mass is 16.1. The fourth-order valence-electron chi connectivity index (χ4n) is 2.56. The lowest BCUT2D eigenvalue weighted by molar-refractivity contribution is -0.124. The molecule has 1 N–H and O–H groups in total. The van der Waals surface area contributed by atoms with E-state index in [4.69, 9.17) is 5.73 Å². The molecule has 1 radical (unpaired) electrons. The van der Waals surface area contributed by atoms with Crippen molar-refractivity contribution in [2.75, 3.05) is 0 Å². The van der Waals surface area contributed by atoms with Gasteiger partial charge in [0.2, 0.25) is 0 Å². The van der Waals surface area contributed by atoms with E-state index in [1.165, 1.54) is 12.8 Å². The second-order valence-corrected chi connectivity index (χ2v) is 5.08. The Morgan fingerprint density at radius 1 is 1.06 bits per heavy atom. The number of nitrogens with one attached hydrogen (secondary N) is 1. The molecule has 0 saturated heterocycles. The zero-order chi connectivity index (χ0) is 12.1. The Kier molecular flexibility index (Phi) is 3.95. The Morgan fingerprint density at radius 3 is 2.24 bits per heavy atom. The quantitative estimate of drug-likeness (QED) is 0.735. The molecule has 0 bridgehead atoms. The van der Waals surface area contributed by atoms with Crippen LogP contribution in [0.4, 0.5) is 0 Å². The summed E-state index contributed by atoms with van der Waals surface area (Å²) < 4.78 is 0. The molecular weight excluding hydrogens is 210 g/mol. The van der Waals surface area contributed by atoms with Gasteiger partial charge in [0.15, 0.2) is 5.78 Å². The molecule has 1 fully saturated rings. The fraction of sp³-hybridized carbons (Fsp3) is 0.533. The number of Topliss-reactive ketones (excluding diaryl/α,β-unsaturated/α-hetero) is 1. The van der Waals surface area contributed by atoms with Crippen molar-refractivity contribution < 1.29 is 4.79 Å². The number of ketones is 1. The number of benzene rings is 1. The van der Waals surface area contributed by atoms with E-state index in [0.717, 1.165) is 31.2 Å². The number of hydrogen-bond acceptors (Lipinski definition) is 1. The summed E-state index contributed by atoms with van der Waals surface area (Å²) in [5.74, 6) is 0.102. The zero-order valence-corrected chi connectivity index (χ0v) is 10.2. The average Bonchev–Trinajstić information content (AvgIpc) is 2.56. The first kappa shape index (κ1) is 12.3. The van der Waals surface area contributed by atoms with Crippen molar-refractivity contribution in [3.05, 3.63) is 35.9 Å². The first-order valence-corrected chi connectivity index (χ1v) is 6.53. The topological polar surface area (TPSA) is 40.9 Å². The molecule has 0 heterocycles. The van der Waals surface area contributed by atoms with Crippen LogP contribution in [0.15, 0.2) is 30.3 Å². The Morgan fingerprint density at radius 2 is 1.65 bits per heavy atom. The minimum absolute atomic E-state index is 0.102. The minimum atomic E-state index is -0.813. The molecule has 1 saturated carbocycles. The molecule has 0 atom stereocenters. The van der Waals surface area contributed by atoms with Crippen LogP contribution in [0.3, 0.4) is 0 Å². The summed E-state index contributed by atoms with van der Waals surface area (Å²) in [5, 5.41) is 0. The molecule has 17 heavy (non-hydrogen) atoms. The Balaban J connectivity index is 2.03. The highest BCUT2D eigenvalue weighted by molar-refractivity contribution is 5.89. The van der Waals surface area contributed by atoms with Crippen LogP contribution in [0, 0.1) is 0 Å². The standard InChI is InChI=1S/C15H20NO/c16-15(10-6-1-2-7-11-15)14(17)12-13-8-4-3-5-9-13/h3-5,8-9,16H,1-2,6-7,10-12H2. The van der Waals surface area contributed by atoms with E-state index in [1.807, 2.05) is 30.3 Å². The lowest BCUT2D eigenvalue weighted by Gasteiger charge is -2.25. The van der Waals surface area contributed by atoms with Crippen molar-refractivity contribution in [1.29, 1.82) is 0 Å². The zero-order valence-electron chi connectivity index (χ0n) is 10.2. The molecule has 91 valence electrons. The molecule has 1 aliphatic rings. The molecule has 2 nitrogen and oxygen atoms in total. The van der Waals surface area contributed by atoms with Gasteiger partial charge in [-0.15, -0.1) is 0 Å².